The highest BCUT2D eigenvalue weighted by Crippen LogP contribution is 2.25. The van der Waals surface area contributed by atoms with Crippen LogP contribution in [0, 0.1) is 0 Å². The molecule has 1 aromatic rings. The summed E-state index contributed by atoms with van der Waals surface area (Å²) in [6.45, 7) is 6.06. The summed E-state index contributed by atoms with van der Waals surface area (Å²) in [5.41, 5.74) is 11.1. The third-order valence-electron chi connectivity index (χ3n) is 2.82. The van der Waals surface area contributed by atoms with Crippen LogP contribution in [-0.4, -0.2) is 41.4 Å². The number of hydrogen-bond donors (Lipinski definition) is 3. The van der Waals surface area contributed by atoms with Gasteiger partial charge in [-0.3, -0.25) is 4.79 Å². The van der Waals surface area contributed by atoms with Gasteiger partial charge in [0.1, 0.15) is 10.6 Å². The Hall–Kier alpha value is -1.34. The monoisotopic (exact) mass is 271 g/mol. The number of primary amides is 1. The molecular weight excluding hydrogens is 250 g/mol. The lowest BCUT2D eigenvalue weighted by molar-refractivity contribution is 0.100. The topological polar surface area (TPSA) is 97.3 Å². The van der Waals surface area contributed by atoms with E-state index in [1.165, 1.54) is 11.5 Å². The zero-order valence-electron chi connectivity index (χ0n) is 11.1. The standard InChI is InChI=1S/C11H21N5OS/c1-7(2)16(3)6-4-5-14-11-8(10(13)17)9(12)15-18-11/h7,14H,4-6H2,1-3H3,(H2,12,15)(H2,13,17). The first-order valence-corrected chi connectivity index (χ1v) is 6.70. The number of amides is 1. The van der Waals surface area contributed by atoms with Crippen molar-refractivity contribution in [2.45, 2.75) is 26.3 Å². The molecule has 0 spiro atoms. The van der Waals surface area contributed by atoms with Crippen molar-refractivity contribution in [3.63, 3.8) is 0 Å². The largest absolute Gasteiger partial charge is 0.382 e. The maximum absolute atomic E-state index is 11.2. The lowest BCUT2D eigenvalue weighted by atomic mass is 10.3. The van der Waals surface area contributed by atoms with Crippen LogP contribution >= 0.6 is 11.5 Å². The Morgan fingerprint density at radius 1 is 1.56 bits per heavy atom. The fourth-order valence-corrected chi connectivity index (χ4v) is 2.19. The van der Waals surface area contributed by atoms with Gasteiger partial charge in [0.05, 0.1) is 0 Å². The van der Waals surface area contributed by atoms with Crippen LogP contribution in [0.5, 0.6) is 0 Å². The first-order valence-electron chi connectivity index (χ1n) is 5.92. The van der Waals surface area contributed by atoms with Gasteiger partial charge in [-0.25, -0.2) is 0 Å². The lowest BCUT2D eigenvalue weighted by Gasteiger charge is -2.20. The van der Waals surface area contributed by atoms with Crippen LogP contribution in [0.4, 0.5) is 10.8 Å². The third-order valence-corrected chi connectivity index (χ3v) is 3.64. The molecule has 0 aromatic carbocycles. The molecule has 18 heavy (non-hydrogen) atoms. The predicted molar refractivity (Wildman–Crippen MR) is 75.9 cm³/mol. The fourth-order valence-electron chi connectivity index (χ4n) is 1.45. The van der Waals surface area contributed by atoms with E-state index < -0.39 is 5.91 Å². The minimum Gasteiger partial charge on any atom is -0.382 e. The Kier molecular flexibility index (Phi) is 5.36. The Balaban J connectivity index is 2.43. The van der Waals surface area contributed by atoms with Crippen LogP contribution < -0.4 is 16.8 Å². The Morgan fingerprint density at radius 3 is 2.78 bits per heavy atom. The molecule has 7 heteroatoms. The smallest absolute Gasteiger partial charge is 0.255 e. The second kappa shape index (κ2) is 6.55. The van der Waals surface area contributed by atoms with Crippen molar-refractivity contribution in [3.05, 3.63) is 5.56 Å². The Bertz CT molecular complexity index is 404. The summed E-state index contributed by atoms with van der Waals surface area (Å²) in [6, 6.07) is 0.533. The summed E-state index contributed by atoms with van der Waals surface area (Å²) in [4.78, 5) is 13.5. The van der Waals surface area contributed by atoms with E-state index in [1.807, 2.05) is 0 Å². The van der Waals surface area contributed by atoms with Gasteiger partial charge in [-0.2, -0.15) is 4.37 Å². The number of carbonyl (C=O) groups is 1. The number of carbonyl (C=O) groups excluding carboxylic acids is 1. The van der Waals surface area contributed by atoms with Crippen LogP contribution in [-0.2, 0) is 0 Å². The number of hydrogen-bond acceptors (Lipinski definition) is 6. The molecule has 0 atom stereocenters. The van der Waals surface area contributed by atoms with Gasteiger partial charge in [-0.1, -0.05) is 0 Å². The minimum absolute atomic E-state index is 0.203. The summed E-state index contributed by atoms with van der Waals surface area (Å²) in [7, 11) is 2.09. The maximum atomic E-state index is 11.2. The Morgan fingerprint density at radius 2 is 2.22 bits per heavy atom. The number of nitrogens with one attached hydrogen (secondary N) is 1. The second-order valence-electron chi connectivity index (χ2n) is 4.49. The summed E-state index contributed by atoms with van der Waals surface area (Å²) in [6.07, 6.45) is 0.977. The van der Waals surface area contributed by atoms with Crippen molar-refractivity contribution in [2.75, 3.05) is 31.2 Å². The molecule has 1 heterocycles. The summed E-state index contributed by atoms with van der Waals surface area (Å²) in [5.74, 6) is -0.336. The molecule has 1 aromatic heterocycles. The molecule has 0 fully saturated rings. The van der Waals surface area contributed by atoms with Gasteiger partial charge in [0.2, 0.25) is 0 Å². The van der Waals surface area contributed by atoms with Gasteiger partial charge in [0.15, 0.2) is 5.82 Å². The highest BCUT2D eigenvalue weighted by molar-refractivity contribution is 7.11. The average Bonchev–Trinajstić information content (AvgIpc) is 2.65. The number of anilines is 2. The second-order valence-corrected chi connectivity index (χ2v) is 5.26. The highest BCUT2D eigenvalue weighted by atomic mass is 32.1. The molecule has 1 rings (SSSR count). The van der Waals surface area contributed by atoms with Crippen molar-refractivity contribution >= 4 is 28.3 Å². The van der Waals surface area contributed by atoms with E-state index in [-0.39, 0.29) is 5.82 Å². The highest BCUT2D eigenvalue weighted by Gasteiger charge is 2.16. The molecule has 0 saturated heterocycles. The minimum atomic E-state index is -0.539. The lowest BCUT2D eigenvalue weighted by Crippen LogP contribution is -2.28. The molecule has 0 unspecified atom stereocenters. The first-order chi connectivity index (χ1) is 8.43. The molecule has 6 nitrogen and oxygen atoms in total. The van der Waals surface area contributed by atoms with Gasteiger partial charge >= 0.3 is 0 Å². The molecular formula is C11H21N5OS. The molecule has 0 aliphatic carbocycles. The quantitative estimate of drug-likeness (QED) is 0.642. The van der Waals surface area contributed by atoms with Gasteiger partial charge < -0.3 is 21.7 Å². The average molecular weight is 271 g/mol. The zero-order valence-corrected chi connectivity index (χ0v) is 11.9. The van der Waals surface area contributed by atoms with Gasteiger partial charge in [0.25, 0.3) is 5.91 Å². The van der Waals surface area contributed by atoms with Gasteiger partial charge in [-0.15, -0.1) is 0 Å². The van der Waals surface area contributed by atoms with E-state index in [0.29, 0.717) is 16.6 Å². The van der Waals surface area contributed by atoms with E-state index in [4.69, 9.17) is 11.5 Å². The number of rotatable bonds is 7. The summed E-state index contributed by atoms with van der Waals surface area (Å²) in [5, 5.41) is 3.82. The number of nitrogen functional groups attached to an aromatic ring is 1. The van der Waals surface area contributed by atoms with Crippen molar-refractivity contribution in [3.8, 4) is 0 Å². The van der Waals surface area contributed by atoms with Crippen molar-refractivity contribution in [2.24, 2.45) is 5.73 Å². The van der Waals surface area contributed by atoms with E-state index in [2.05, 4.69) is 35.5 Å². The summed E-state index contributed by atoms with van der Waals surface area (Å²) < 4.78 is 3.93. The molecule has 102 valence electrons. The Labute approximate surface area is 112 Å². The predicted octanol–water partition coefficient (Wildman–Crippen LogP) is 0.966. The van der Waals surface area contributed by atoms with E-state index in [0.717, 1.165) is 19.5 Å². The maximum Gasteiger partial charge on any atom is 0.255 e. The molecule has 0 aliphatic rings. The van der Waals surface area contributed by atoms with Crippen LogP contribution in [0.1, 0.15) is 30.6 Å². The molecule has 0 radical (unpaired) electrons. The number of aromatic nitrogens is 1. The van der Waals surface area contributed by atoms with E-state index in [1.54, 1.807) is 0 Å². The first kappa shape index (κ1) is 14.7. The van der Waals surface area contributed by atoms with Crippen LogP contribution in [0.25, 0.3) is 0 Å². The van der Waals surface area contributed by atoms with Crippen LogP contribution in [0.15, 0.2) is 0 Å². The zero-order chi connectivity index (χ0) is 13.7. The van der Waals surface area contributed by atoms with Crippen molar-refractivity contribution in [1.29, 1.82) is 0 Å². The molecule has 0 aliphatic heterocycles. The van der Waals surface area contributed by atoms with Gasteiger partial charge in [0, 0.05) is 12.6 Å². The molecule has 1 amide bonds. The van der Waals surface area contributed by atoms with Crippen molar-refractivity contribution < 1.29 is 4.79 Å². The van der Waals surface area contributed by atoms with E-state index >= 15 is 0 Å². The molecule has 0 bridgehead atoms. The normalized spacial score (nSPS) is 11.2. The summed E-state index contributed by atoms with van der Waals surface area (Å²) >= 11 is 1.17. The molecule has 5 N–H and O–H groups in total. The van der Waals surface area contributed by atoms with Gasteiger partial charge in [-0.05, 0) is 45.4 Å². The van der Waals surface area contributed by atoms with Crippen molar-refractivity contribution in [1.82, 2.24) is 9.27 Å². The molecule has 0 saturated carbocycles. The number of nitrogens with two attached hydrogens (primary N) is 2. The SMILES string of the molecule is CC(C)N(C)CCCNc1snc(N)c1C(N)=O. The van der Waals surface area contributed by atoms with Crippen LogP contribution in [0.2, 0.25) is 0 Å². The van der Waals surface area contributed by atoms with Crippen LogP contribution in [0.3, 0.4) is 0 Å². The fraction of sp³-hybridized carbons (Fsp3) is 0.636. The number of nitrogens with zero attached hydrogens (tertiary/aromatic N) is 2. The van der Waals surface area contributed by atoms with E-state index in [9.17, 15) is 4.79 Å². The third kappa shape index (κ3) is 3.85.